The lowest BCUT2D eigenvalue weighted by Gasteiger charge is -2.12. The normalized spacial score (nSPS) is 11.9. The average molecular weight is 304 g/mol. The van der Waals surface area contributed by atoms with E-state index < -0.39 is 6.10 Å². The molecule has 116 valence electrons. The zero-order valence-electron chi connectivity index (χ0n) is 12.9. The molecule has 0 radical (unpaired) electrons. The van der Waals surface area contributed by atoms with Crippen molar-refractivity contribution in [2.45, 2.75) is 18.9 Å². The quantitative estimate of drug-likeness (QED) is 0.683. The van der Waals surface area contributed by atoms with Gasteiger partial charge in [0.15, 0.2) is 0 Å². The highest BCUT2D eigenvalue weighted by Gasteiger charge is 2.08. The monoisotopic (exact) mass is 304 g/mol. The number of aliphatic hydroxyl groups excluding tert-OH is 1. The number of hydrogen-bond donors (Lipinski definition) is 1. The van der Waals surface area contributed by atoms with Gasteiger partial charge in [0.2, 0.25) is 0 Å². The Morgan fingerprint density at radius 1 is 0.696 bits per heavy atom. The first-order chi connectivity index (χ1) is 11.3. The molecule has 3 aromatic carbocycles. The highest BCUT2D eigenvalue weighted by atomic mass is 16.5. The second kappa shape index (κ2) is 7.61. The molecule has 0 saturated carbocycles. The number of benzene rings is 3. The largest absolute Gasteiger partial charge is 0.457 e. The van der Waals surface area contributed by atoms with Crippen LogP contribution < -0.4 is 4.74 Å². The third kappa shape index (κ3) is 4.44. The summed E-state index contributed by atoms with van der Waals surface area (Å²) in [6.07, 6.45) is 1.12. The molecule has 0 amide bonds. The minimum Gasteiger partial charge on any atom is -0.457 e. The van der Waals surface area contributed by atoms with E-state index in [0.29, 0.717) is 6.42 Å². The fourth-order valence-corrected chi connectivity index (χ4v) is 2.50. The lowest BCUT2D eigenvalue weighted by Crippen LogP contribution is -1.99. The topological polar surface area (TPSA) is 29.5 Å². The van der Waals surface area contributed by atoms with Gasteiger partial charge in [-0.15, -0.1) is 0 Å². The fourth-order valence-electron chi connectivity index (χ4n) is 2.50. The summed E-state index contributed by atoms with van der Waals surface area (Å²) in [5, 5.41) is 10.3. The van der Waals surface area contributed by atoms with E-state index in [2.05, 4.69) is 12.1 Å². The van der Waals surface area contributed by atoms with Crippen molar-refractivity contribution in [1.82, 2.24) is 0 Å². The van der Waals surface area contributed by atoms with Crippen LogP contribution in [0.5, 0.6) is 11.5 Å². The van der Waals surface area contributed by atoms with E-state index in [0.717, 1.165) is 23.5 Å². The van der Waals surface area contributed by atoms with Crippen molar-refractivity contribution in [3.63, 3.8) is 0 Å². The van der Waals surface area contributed by atoms with Gasteiger partial charge in [-0.05, 0) is 48.2 Å². The maximum absolute atomic E-state index is 10.3. The van der Waals surface area contributed by atoms with E-state index in [-0.39, 0.29) is 0 Å². The van der Waals surface area contributed by atoms with Crippen LogP contribution in [0.2, 0.25) is 0 Å². The van der Waals surface area contributed by atoms with Crippen LogP contribution in [0.1, 0.15) is 23.7 Å². The van der Waals surface area contributed by atoms with Crippen LogP contribution in [-0.4, -0.2) is 5.11 Å². The lowest BCUT2D eigenvalue weighted by atomic mass is 10.0. The second-order valence-electron chi connectivity index (χ2n) is 5.52. The average Bonchev–Trinajstić information content (AvgIpc) is 2.62. The molecule has 1 N–H and O–H groups in total. The van der Waals surface area contributed by atoms with E-state index in [4.69, 9.17) is 4.74 Å². The summed E-state index contributed by atoms with van der Waals surface area (Å²) in [5.74, 6) is 1.58. The number of ether oxygens (including phenoxy) is 1. The third-order valence-electron chi connectivity index (χ3n) is 3.79. The van der Waals surface area contributed by atoms with Gasteiger partial charge in [-0.1, -0.05) is 60.7 Å². The van der Waals surface area contributed by atoms with Crippen molar-refractivity contribution in [2.24, 2.45) is 0 Å². The Balaban J connectivity index is 1.58. The van der Waals surface area contributed by atoms with Gasteiger partial charge >= 0.3 is 0 Å². The van der Waals surface area contributed by atoms with Crippen LogP contribution in [0.25, 0.3) is 0 Å². The van der Waals surface area contributed by atoms with Crippen LogP contribution in [0, 0.1) is 0 Å². The number of aliphatic hydroxyl groups is 1. The summed E-state index contributed by atoms with van der Waals surface area (Å²) in [4.78, 5) is 0. The summed E-state index contributed by atoms with van der Waals surface area (Å²) in [6.45, 7) is 0. The zero-order valence-corrected chi connectivity index (χ0v) is 12.9. The Bertz CT molecular complexity index is 706. The molecule has 1 unspecified atom stereocenters. The molecule has 0 spiro atoms. The van der Waals surface area contributed by atoms with Crippen molar-refractivity contribution in [1.29, 1.82) is 0 Å². The smallest absolute Gasteiger partial charge is 0.127 e. The minimum atomic E-state index is -0.457. The molecule has 2 heteroatoms. The zero-order chi connectivity index (χ0) is 15.9. The van der Waals surface area contributed by atoms with Crippen LogP contribution in [0.4, 0.5) is 0 Å². The molecule has 3 rings (SSSR count). The number of hydrogen-bond acceptors (Lipinski definition) is 2. The van der Waals surface area contributed by atoms with Crippen molar-refractivity contribution >= 4 is 0 Å². The first-order valence-corrected chi connectivity index (χ1v) is 7.86. The van der Waals surface area contributed by atoms with Gasteiger partial charge in [0, 0.05) is 0 Å². The first kappa shape index (κ1) is 15.3. The Morgan fingerprint density at radius 2 is 1.26 bits per heavy atom. The summed E-state index contributed by atoms with van der Waals surface area (Å²) in [5.41, 5.74) is 2.16. The summed E-state index contributed by atoms with van der Waals surface area (Å²) in [7, 11) is 0. The molecule has 3 aromatic rings. The van der Waals surface area contributed by atoms with Crippen molar-refractivity contribution in [3.05, 3.63) is 96.1 Å². The van der Waals surface area contributed by atoms with Crippen molar-refractivity contribution < 1.29 is 9.84 Å². The van der Waals surface area contributed by atoms with Crippen molar-refractivity contribution in [3.8, 4) is 11.5 Å². The summed E-state index contributed by atoms with van der Waals surface area (Å²) >= 11 is 0. The lowest BCUT2D eigenvalue weighted by molar-refractivity contribution is 0.168. The third-order valence-corrected chi connectivity index (χ3v) is 3.79. The SMILES string of the molecule is OC(CCc1ccccc1)c1ccc(Oc2ccccc2)cc1. The fraction of sp³-hybridized carbons (Fsp3) is 0.143. The van der Waals surface area contributed by atoms with Crippen LogP contribution >= 0.6 is 0 Å². The molecule has 0 fully saturated rings. The predicted molar refractivity (Wildman–Crippen MR) is 92.7 cm³/mol. The minimum absolute atomic E-state index is 0.457. The second-order valence-corrected chi connectivity index (χ2v) is 5.52. The van der Waals surface area contributed by atoms with E-state index >= 15 is 0 Å². The molecule has 0 aliphatic carbocycles. The van der Waals surface area contributed by atoms with Crippen LogP contribution in [0.3, 0.4) is 0 Å². The predicted octanol–water partition coefficient (Wildman–Crippen LogP) is 5.15. The van der Waals surface area contributed by atoms with E-state index in [9.17, 15) is 5.11 Å². The molecule has 0 aliphatic rings. The molecule has 0 heterocycles. The highest BCUT2D eigenvalue weighted by molar-refractivity contribution is 5.33. The standard InChI is InChI=1S/C21H20O2/c22-21(16-11-17-7-3-1-4-8-17)18-12-14-20(15-13-18)23-19-9-5-2-6-10-19/h1-10,12-15,21-22H,11,16H2. The summed E-state index contributed by atoms with van der Waals surface area (Å²) in [6, 6.07) is 27.6. The van der Waals surface area contributed by atoms with Gasteiger partial charge in [-0.25, -0.2) is 0 Å². The molecule has 1 atom stereocenters. The van der Waals surface area contributed by atoms with Gasteiger partial charge in [-0.3, -0.25) is 0 Å². The number of rotatable bonds is 6. The van der Waals surface area contributed by atoms with Gasteiger partial charge in [-0.2, -0.15) is 0 Å². The Morgan fingerprint density at radius 3 is 1.91 bits per heavy atom. The molecule has 2 nitrogen and oxygen atoms in total. The molecule has 23 heavy (non-hydrogen) atoms. The Labute approximate surface area is 137 Å². The van der Waals surface area contributed by atoms with Gasteiger partial charge in [0.25, 0.3) is 0 Å². The van der Waals surface area contributed by atoms with Crippen LogP contribution in [0.15, 0.2) is 84.9 Å². The maximum Gasteiger partial charge on any atom is 0.127 e. The van der Waals surface area contributed by atoms with Crippen LogP contribution in [-0.2, 0) is 6.42 Å². The van der Waals surface area contributed by atoms with E-state index in [1.807, 2.05) is 72.8 Å². The van der Waals surface area contributed by atoms with Gasteiger partial charge in [0.1, 0.15) is 11.5 Å². The summed E-state index contributed by atoms with van der Waals surface area (Å²) < 4.78 is 5.76. The first-order valence-electron chi connectivity index (χ1n) is 7.86. The van der Waals surface area contributed by atoms with Gasteiger partial charge in [0.05, 0.1) is 6.10 Å². The number of aryl methyl sites for hydroxylation is 1. The molecular formula is C21H20O2. The molecule has 0 aromatic heterocycles. The van der Waals surface area contributed by atoms with Crippen molar-refractivity contribution in [2.75, 3.05) is 0 Å². The van der Waals surface area contributed by atoms with Gasteiger partial charge < -0.3 is 9.84 Å². The number of para-hydroxylation sites is 1. The maximum atomic E-state index is 10.3. The van der Waals surface area contributed by atoms with E-state index in [1.54, 1.807) is 0 Å². The molecule has 0 aliphatic heterocycles. The Hall–Kier alpha value is -2.58. The van der Waals surface area contributed by atoms with E-state index in [1.165, 1.54) is 5.56 Å². The molecular weight excluding hydrogens is 284 g/mol. The molecule has 0 saturated heterocycles. The highest BCUT2D eigenvalue weighted by Crippen LogP contribution is 2.25. The molecule has 0 bridgehead atoms. The Kier molecular flexibility index (Phi) is 5.07.